The third kappa shape index (κ3) is 1.10. The molecule has 0 amide bonds. The molecule has 0 aliphatic heterocycles. The molecule has 1 nitrogen and oxygen atoms in total. The average molecular weight is 158 g/mol. The van der Waals surface area contributed by atoms with Crippen LogP contribution in [0.1, 0.15) is 6.92 Å². The van der Waals surface area contributed by atoms with Crippen molar-refractivity contribution < 1.29 is 4.79 Å². The normalized spacial score (nSPS) is 37.9. The lowest BCUT2D eigenvalue weighted by Crippen LogP contribution is -2.29. The summed E-state index contributed by atoms with van der Waals surface area (Å²) in [5.41, 5.74) is -0.399. The van der Waals surface area contributed by atoms with E-state index in [-0.39, 0.29) is 5.78 Å². The summed E-state index contributed by atoms with van der Waals surface area (Å²) in [6.07, 6.45) is 13.2. The maximum atomic E-state index is 11.6. The second-order valence-electron chi connectivity index (χ2n) is 3.27. The van der Waals surface area contributed by atoms with Crippen molar-refractivity contribution in [2.24, 2.45) is 5.41 Å². The Labute approximate surface area is 74.5 Å². The molecule has 60 valence electrons. The highest BCUT2D eigenvalue weighted by atomic mass is 16.1. The van der Waals surface area contributed by atoms with Crippen LogP contribution in [0.3, 0.4) is 0 Å². The van der Waals surface area contributed by atoms with E-state index in [0.717, 1.165) is 5.92 Å². The lowest BCUT2D eigenvalue weighted by atomic mass is 9.75. The molecular weight excluding hydrogens is 148 g/mol. The molecule has 2 aliphatic rings. The van der Waals surface area contributed by atoms with Crippen LogP contribution in [-0.2, 0) is 4.79 Å². The molecule has 2 fully saturated rings. The van der Waals surface area contributed by atoms with E-state index in [0.29, 0.717) is 0 Å². The minimum Gasteiger partial charge on any atom is -0.299 e. The smallest absolute Gasteiger partial charge is 0.143 e. The maximum absolute atomic E-state index is 11.6. The Kier molecular flexibility index (Phi) is 1.97. The lowest BCUT2D eigenvalue weighted by molar-refractivity contribution is -0.121. The first-order chi connectivity index (χ1) is 5.73. The van der Waals surface area contributed by atoms with Crippen molar-refractivity contribution in [3.8, 4) is 0 Å². The number of hydrogen-bond acceptors (Lipinski definition) is 1. The molecule has 2 saturated carbocycles. The Bertz CT molecular complexity index is 197. The van der Waals surface area contributed by atoms with Gasteiger partial charge in [0.1, 0.15) is 5.78 Å². The number of rotatable bonds is 0. The third-order valence-electron chi connectivity index (χ3n) is 2.45. The predicted octanol–water partition coefficient (Wildman–Crippen LogP) is 1.59. The zero-order chi connectivity index (χ0) is 8.60. The Morgan fingerprint density at radius 3 is 2.58 bits per heavy atom. The number of carbonyl (C=O) groups excluding carboxylic acids is 1. The van der Waals surface area contributed by atoms with E-state index in [9.17, 15) is 4.79 Å². The highest BCUT2D eigenvalue weighted by Gasteiger charge is 2.46. The molecule has 0 aromatic heterocycles. The summed E-state index contributed by atoms with van der Waals surface area (Å²) < 4.78 is 0. The van der Waals surface area contributed by atoms with Gasteiger partial charge in [-0.3, -0.25) is 4.79 Å². The van der Waals surface area contributed by atoms with Crippen LogP contribution in [0.2, 0.25) is 0 Å². The summed E-state index contributed by atoms with van der Waals surface area (Å²) in [6.45, 7) is 1.95. The van der Waals surface area contributed by atoms with Crippen LogP contribution in [0.5, 0.6) is 0 Å². The van der Waals surface area contributed by atoms with Gasteiger partial charge in [-0.25, -0.2) is 0 Å². The van der Waals surface area contributed by atoms with Crippen LogP contribution in [0.25, 0.3) is 0 Å². The van der Waals surface area contributed by atoms with Gasteiger partial charge in [-0.1, -0.05) is 6.92 Å². The highest BCUT2D eigenvalue weighted by molar-refractivity contribution is 5.99. The van der Waals surface area contributed by atoms with Gasteiger partial charge in [-0.05, 0) is 44.4 Å². The average Bonchev–Trinajstić information content (AvgIpc) is 2.37. The molecule has 0 aromatic carbocycles. The van der Waals surface area contributed by atoms with Crippen molar-refractivity contribution in [3.05, 3.63) is 50.9 Å². The predicted molar refractivity (Wildman–Crippen MR) is 46.5 cm³/mol. The van der Waals surface area contributed by atoms with Crippen LogP contribution < -0.4 is 0 Å². The topological polar surface area (TPSA) is 17.1 Å². The van der Waals surface area contributed by atoms with E-state index < -0.39 is 5.41 Å². The molecule has 0 N–H and O–H groups in total. The first-order valence-corrected chi connectivity index (χ1v) is 4.03. The van der Waals surface area contributed by atoms with Crippen LogP contribution in [0, 0.1) is 56.3 Å². The Morgan fingerprint density at radius 2 is 1.75 bits per heavy atom. The number of Topliss-reactive ketones (excluding diaryl/α,β-unsaturated/α-hetero) is 1. The van der Waals surface area contributed by atoms with Crippen molar-refractivity contribution in [2.45, 2.75) is 6.92 Å². The van der Waals surface area contributed by atoms with Crippen LogP contribution in [0.4, 0.5) is 0 Å². The second-order valence-corrected chi connectivity index (χ2v) is 3.27. The first kappa shape index (κ1) is 8.28. The zero-order valence-electron chi connectivity index (χ0n) is 6.95. The minimum atomic E-state index is -0.399. The van der Waals surface area contributed by atoms with Gasteiger partial charge in [-0.15, -0.1) is 0 Å². The Hall–Kier alpha value is -0.330. The summed E-state index contributed by atoms with van der Waals surface area (Å²) in [5, 5.41) is 0. The fourth-order valence-electron chi connectivity index (χ4n) is 1.54. The SMILES string of the molecule is CC12[CH][CH][CH][C]1[CH][CH][CH][CH]C2=O. The molecule has 1 unspecified atom stereocenters. The number of ketones is 1. The molecule has 0 saturated heterocycles. The quantitative estimate of drug-likeness (QED) is 0.523. The molecule has 0 spiro atoms. The van der Waals surface area contributed by atoms with Gasteiger partial charge in [0.2, 0.25) is 0 Å². The van der Waals surface area contributed by atoms with Gasteiger partial charge < -0.3 is 0 Å². The van der Waals surface area contributed by atoms with Crippen molar-refractivity contribution in [1.82, 2.24) is 0 Å². The summed E-state index contributed by atoms with van der Waals surface area (Å²) in [5.74, 6) is 1.24. The third-order valence-corrected chi connectivity index (χ3v) is 2.45. The highest BCUT2D eigenvalue weighted by Crippen LogP contribution is 2.47. The second kappa shape index (κ2) is 2.86. The van der Waals surface area contributed by atoms with Crippen molar-refractivity contribution in [1.29, 1.82) is 0 Å². The Morgan fingerprint density at radius 1 is 1.08 bits per heavy atom. The molecule has 2 aliphatic carbocycles. The van der Waals surface area contributed by atoms with E-state index >= 15 is 0 Å². The standard InChI is InChI=1S/C11H10O/c1-11-8-4-6-9(11)5-2-3-7-10(11)12/h2-8H,1H3. The molecule has 1 atom stereocenters. The van der Waals surface area contributed by atoms with E-state index in [4.69, 9.17) is 0 Å². The van der Waals surface area contributed by atoms with Crippen LogP contribution >= 0.6 is 0 Å². The molecule has 8 radical (unpaired) electrons. The van der Waals surface area contributed by atoms with Crippen molar-refractivity contribution in [2.75, 3.05) is 0 Å². The fourth-order valence-corrected chi connectivity index (χ4v) is 1.54. The summed E-state index contributed by atoms with van der Waals surface area (Å²) >= 11 is 0. The van der Waals surface area contributed by atoms with Crippen LogP contribution in [-0.4, -0.2) is 5.78 Å². The molecule has 0 aromatic rings. The van der Waals surface area contributed by atoms with Gasteiger partial charge in [0.05, 0.1) is 0 Å². The molecular formula is C11H10O. The number of hydrogen-bond donors (Lipinski definition) is 0. The number of fused-ring (bicyclic) bond motifs is 1. The van der Waals surface area contributed by atoms with Gasteiger partial charge in [0.15, 0.2) is 0 Å². The molecule has 0 bridgehead atoms. The van der Waals surface area contributed by atoms with E-state index in [1.165, 1.54) is 0 Å². The lowest BCUT2D eigenvalue weighted by Gasteiger charge is -2.26. The molecule has 12 heavy (non-hydrogen) atoms. The largest absolute Gasteiger partial charge is 0.299 e. The monoisotopic (exact) mass is 158 g/mol. The van der Waals surface area contributed by atoms with E-state index in [1.54, 1.807) is 12.8 Å². The van der Waals surface area contributed by atoms with E-state index in [2.05, 4.69) is 0 Å². The van der Waals surface area contributed by atoms with Gasteiger partial charge in [-0.2, -0.15) is 0 Å². The van der Waals surface area contributed by atoms with Gasteiger partial charge >= 0.3 is 0 Å². The van der Waals surface area contributed by atoms with E-state index in [1.807, 2.05) is 39.0 Å². The first-order valence-electron chi connectivity index (χ1n) is 4.03. The summed E-state index contributed by atoms with van der Waals surface area (Å²) in [6, 6.07) is 0. The van der Waals surface area contributed by atoms with Crippen LogP contribution in [0.15, 0.2) is 0 Å². The Balaban J connectivity index is 2.23. The fraction of sp³-hybridized carbons (Fsp3) is 0.182. The molecule has 0 heterocycles. The summed E-state index contributed by atoms with van der Waals surface area (Å²) in [7, 11) is 0. The van der Waals surface area contributed by atoms with Gasteiger partial charge in [0, 0.05) is 11.8 Å². The maximum Gasteiger partial charge on any atom is 0.143 e. The number of carbonyl (C=O) groups is 1. The van der Waals surface area contributed by atoms with Crippen molar-refractivity contribution >= 4 is 5.78 Å². The zero-order valence-corrected chi connectivity index (χ0v) is 6.95. The molecule has 1 heteroatoms. The summed E-state index contributed by atoms with van der Waals surface area (Å²) in [4.78, 5) is 11.6. The molecule has 2 rings (SSSR count). The minimum absolute atomic E-state index is 0.160. The van der Waals surface area contributed by atoms with Gasteiger partial charge in [0.25, 0.3) is 0 Å². The van der Waals surface area contributed by atoms with Crippen molar-refractivity contribution in [3.63, 3.8) is 0 Å².